The van der Waals surface area contributed by atoms with Crippen LogP contribution in [0.1, 0.15) is 40.3 Å². The van der Waals surface area contributed by atoms with E-state index in [9.17, 15) is 0 Å². The second-order valence-electron chi connectivity index (χ2n) is 17.1. The lowest BCUT2D eigenvalue weighted by Gasteiger charge is -2.50. The average molecular weight is 941 g/mol. The first-order chi connectivity index (χ1) is 34.0. The molecule has 0 aliphatic carbocycles. The summed E-state index contributed by atoms with van der Waals surface area (Å²) in [5.41, 5.74) is 5.82. The zero-order valence-electron chi connectivity index (χ0n) is 39.8. The van der Waals surface area contributed by atoms with Crippen molar-refractivity contribution in [1.82, 2.24) is 0 Å². The summed E-state index contributed by atoms with van der Waals surface area (Å²) in [6.45, 7) is 3.70. The number of methoxy groups -OCH3 is 3. The molecule has 2 saturated heterocycles. The molecule has 0 spiro atoms. The van der Waals surface area contributed by atoms with E-state index in [2.05, 4.69) is 0 Å². The van der Waals surface area contributed by atoms with Crippen molar-refractivity contribution in [1.29, 1.82) is 0 Å². The van der Waals surface area contributed by atoms with Crippen molar-refractivity contribution in [2.75, 3.05) is 27.9 Å². The summed E-state index contributed by atoms with van der Waals surface area (Å²) in [6, 6.07) is 55.6. The van der Waals surface area contributed by atoms with Crippen molar-refractivity contribution < 1.29 is 56.8 Å². The highest BCUT2D eigenvalue weighted by Gasteiger charge is 2.54. The monoisotopic (exact) mass is 940 g/mol. The number of hydrogen-bond acceptors (Lipinski definition) is 12. The number of benzene rings is 6. The molecule has 12 nitrogen and oxygen atoms in total. The molecule has 0 aromatic heterocycles. The number of hydrogen-bond donors (Lipinski definition) is 0. The van der Waals surface area contributed by atoms with Crippen molar-refractivity contribution in [3.05, 3.63) is 203 Å². The Hall–Kier alpha value is -5.48. The summed E-state index contributed by atoms with van der Waals surface area (Å²) >= 11 is 0. The van der Waals surface area contributed by atoms with Crippen LogP contribution < -0.4 is 9.47 Å². The van der Waals surface area contributed by atoms with E-state index in [4.69, 9.17) is 56.8 Å². The third kappa shape index (κ3) is 14.1. The van der Waals surface area contributed by atoms with Crippen LogP contribution in [0.15, 0.2) is 170 Å². The summed E-state index contributed by atoms with van der Waals surface area (Å²) in [4.78, 5) is 0. The predicted octanol–water partition coefficient (Wildman–Crippen LogP) is 9.65. The zero-order valence-corrected chi connectivity index (χ0v) is 39.8. The highest BCUT2D eigenvalue weighted by molar-refractivity contribution is 5.28. The fraction of sp³-hybridized carbons (Fsp3) is 0.368. The largest absolute Gasteiger partial charge is 0.497 e. The smallest absolute Gasteiger partial charge is 0.187 e. The van der Waals surface area contributed by atoms with Crippen LogP contribution in [0.4, 0.5) is 0 Å². The Morgan fingerprint density at radius 3 is 1.17 bits per heavy atom. The molecular formula is C57H64O12. The lowest BCUT2D eigenvalue weighted by molar-refractivity contribution is -0.374. The van der Waals surface area contributed by atoms with Gasteiger partial charge in [0.05, 0.1) is 66.6 Å². The van der Waals surface area contributed by atoms with Crippen LogP contribution in [0.2, 0.25) is 0 Å². The molecule has 2 heterocycles. The van der Waals surface area contributed by atoms with Gasteiger partial charge in [-0.3, -0.25) is 0 Å². The third-order valence-electron chi connectivity index (χ3n) is 12.3. The second-order valence-corrected chi connectivity index (χ2v) is 17.1. The fourth-order valence-electron chi connectivity index (χ4n) is 8.56. The molecule has 2 fully saturated rings. The van der Waals surface area contributed by atoms with E-state index in [0.717, 1.165) is 44.9 Å². The van der Waals surface area contributed by atoms with Gasteiger partial charge in [0.1, 0.15) is 54.2 Å². The van der Waals surface area contributed by atoms with E-state index < -0.39 is 61.4 Å². The van der Waals surface area contributed by atoms with Gasteiger partial charge >= 0.3 is 0 Å². The summed E-state index contributed by atoms with van der Waals surface area (Å²) < 4.78 is 79.3. The molecule has 12 heteroatoms. The maximum Gasteiger partial charge on any atom is 0.187 e. The second kappa shape index (κ2) is 25.9. The SMILES string of the molecule is COc1ccc(CO[C@H]2[C@@H](OCc3ccccc3)[C@@H](COCc3ccccc3)O[C@H](O[C@@H]3[C@@H](OCc4ccccc4)[C@H](C)O[C@@H](OC)[C@@H]3OCc3ccccc3)[C@@H]2OCc2ccc(OC)cc2)cc1. The Bertz CT molecular complexity index is 2340. The maximum atomic E-state index is 7.41. The van der Waals surface area contributed by atoms with Gasteiger partial charge in [0, 0.05) is 7.11 Å². The first kappa shape index (κ1) is 49.9. The molecule has 6 aromatic carbocycles. The Morgan fingerprint density at radius 1 is 0.362 bits per heavy atom. The summed E-state index contributed by atoms with van der Waals surface area (Å²) in [7, 11) is 4.90. The van der Waals surface area contributed by atoms with E-state index in [-0.39, 0.29) is 33.0 Å². The first-order valence-electron chi connectivity index (χ1n) is 23.5. The van der Waals surface area contributed by atoms with Crippen molar-refractivity contribution in [2.45, 2.75) is 108 Å². The topological polar surface area (TPSA) is 111 Å². The fourth-order valence-corrected chi connectivity index (χ4v) is 8.56. The van der Waals surface area contributed by atoms with Crippen LogP contribution in [0, 0.1) is 0 Å². The molecule has 8 rings (SSSR count). The van der Waals surface area contributed by atoms with Crippen LogP contribution in [0.3, 0.4) is 0 Å². The van der Waals surface area contributed by atoms with Crippen molar-refractivity contribution >= 4 is 0 Å². The Labute approximate surface area is 406 Å². The summed E-state index contributed by atoms with van der Waals surface area (Å²) in [5.74, 6) is 1.48. The molecular weight excluding hydrogens is 877 g/mol. The minimum absolute atomic E-state index is 0.147. The molecule has 6 aromatic rings. The van der Waals surface area contributed by atoms with Crippen LogP contribution >= 0.6 is 0 Å². The minimum atomic E-state index is -1.08. The van der Waals surface area contributed by atoms with E-state index in [0.29, 0.717) is 13.2 Å². The lowest BCUT2D eigenvalue weighted by atomic mass is 9.96. The van der Waals surface area contributed by atoms with Gasteiger partial charge < -0.3 is 56.8 Å². The summed E-state index contributed by atoms with van der Waals surface area (Å²) in [5, 5.41) is 0. The predicted molar refractivity (Wildman–Crippen MR) is 259 cm³/mol. The Kier molecular flexibility index (Phi) is 18.8. The molecule has 69 heavy (non-hydrogen) atoms. The number of rotatable bonds is 24. The van der Waals surface area contributed by atoms with Crippen molar-refractivity contribution in [3.8, 4) is 11.5 Å². The quantitative estimate of drug-likeness (QED) is 0.0577. The lowest BCUT2D eigenvalue weighted by Crippen LogP contribution is -2.66. The van der Waals surface area contributed by atoms with Gasteiger partial charge in [-0.2, -0.15) is 0 Å². The molecule has 0 bridgehead atoms. The van der Waals surface area contributed by atoms with Gasteiger partial charge in [0.2, 0.25) is 0 Å². The van der Waals surface area contributed by atoms with E-state index in [1.807, 2.05) is 177 Å². The summed E-state index contributed by atoms with van der Waals surface area (Å²) in [6.07, 6.45) is -7.66. The molecule has 0 N–H and O–H groups in total. The molecule has 0 amide bonds. The van der Waals surface area contributed by atoms with Crippen molar-refractivity contribution in [2.24, 2.45) is 0 Å². The molecule has 2 aliphatic rings. The van der Waals surface area contributed by atoms with Gasteiger partial charge in [-0.25, -0.2) is 0 Å². The Morgan fingerprint density at radius 2 is 0.739 bits per heavy atom. The highest BCUT2D eigenvalue weighted by Crippen LogP contribution is 2.37. The van der Waals surface area contributed by atoms with E-state index in [1.54, 1.807) is 21.3 Å². The first-order valence-corrected chi connectivity index (χ1v) is 23.5. The van der Waals surface area contributed by atoms with E-state index >= 15 is 0 Å². The van der Waals surface area contributed by atoms with Crippen molar-refractivity contribution in [3.63, 3.8) is 0 Å². The number of ether oxygens (including phenoxy) is 12. The molecule has 2 aliphatic heterocycles. The molecule has 0 saturated carbocycles. The molecule has 10 atom stereocenters. The Balaban J connectivity index is 1.19. The van der Waals surface area contributed by atoms with Gasteiger partial charge in [0.25, 0.3) is 0 Å². The average Bonchev–Trinajstić information content (AvgIpc) is 3.40. The molecule has 0 radical (unpaired) electrons. The van der Waals surface area contributed by atoms with Gasteiger partial charge in [-0.15, -0.1) is 0 Å². The van der Waals surface area contributed by atoms with Gasteiger partial charge in [-0.05, 0) is 64.6 Å². The third-order valence-corrected chi connectivity index (χ3v) is 12.3. The van der Waals surface area contributed by atoms with Crippen LogP contribution in [-0.2, 0) is 87.0 Å². The van der Waals surface area contributed by atoms with Crippen LogP contribution in [0.25, 0.3) is 0 Å². The zero-order chi connectivity index (χ0) is 47.6. The van der Waals surface area contributed by atoms with E-state index in [1.165, 1.54) is 0 Å². The molecule has 0 unspecified atom stereocenters. The standard InChI is InChI=1S/C57H64O12/c1-40-50(62-34-42-19-11-6-12-20-42)53(55(56(60-4)67-40)66-36-44-23-15-8-16-24-44)69-57-54(65-38-46-27-31-48(59-3)32-28-46)52(64-37-45-25-29-47(58-2)30-26-45)51(63-35-43-21-13-7-14-22-43)49(68-57)39-61-33-41-17-9-5-10-18-41/h5-32,40,49-57H,33-39H2,1-4H3/t40-,49+,50-,51-,52-,53+,54+,55+,56+,57+/m0/s1. The highest BCUT2D eigenvalue weighted by atomic mass is 16.8. The minimum Gasteiger partial charge on any atom is -0.497 e. The van der Waals surface area contributed by atoms with Gasteiger partial charge in [-0.1, -0.05) is 146 Å². The molecule has 364 valence electrons. The normalized spacial score (nSPS) is 24.7. The van der Waals surface area contributed by atoms with Crippen LogP contribution in [0.5, 0.6) is 11.5 Å². The maximum absolute atomic E-state index is 7.41. The van der Waals surface area contributed by atoms with Crippen LogP contribution in [-0.4, -0.2) is 89.3 Å². The van der Waals surface area contributed by atoms with Gasteiger partial charge in [0.15, 0.2) is 12.6 Å².